The van der Waals surface area contributed by atoms with Crippen LogP contribution in [-0.4, -0.2) is 27.8 Å². The molecule has 0 saturated heterocycles. The number of pyridine rings is 1. The van der Waals surface area contributed by atoms with Gasteiger partial charge in [0.15, 0.2) is 5.65 Å². The number of nitrogens with one attached hydrogen (secondary N) is 1. The fraction of sp³-hybridized carbons (Fsp3) is 0.136. The second kappa shape index (κ2) is 7.71. The highest BCUT2D eigenvalue weighted by molar-refractivity contribution is 5.96. The second-order valence-corrected chi connectivity index (χ2v) is 6.58. The van der Waals surface area contributed by atoms with E-state index in [9.17, 15) is 9.18 Å². The lowest BCUT2D eigenvalue weighted by Gasteiger charge is -2.07. The fourth-order valence-corrected chi connectivity index (χ4v) is 3.27. The average Bonchev–Trinajstić information content (AvgIpc) is 3.04. The van der Waals surface area contributed by atoms with Gasteiger partial charge in [-0.05, 0) is 60.5 Å². The smallest absolute Gasteiger partial charge is 0.246 e. The number of hydrogen-bond donors (Lipinski definition) is 1. The van der Waals surface area contributed by atoms with E-state index >= 15 is 0 Å². The second-order valence-electron chi connectivity index (χ2n) is 6.58. The predicted octanol–water partition coefficient (Wildman–Crippen LogP) is 4.19. The largest absolute Gasteiger partial charge is 0.497 e. The van der Waals surface area contributed by atoms with Crippen molar-refractivity contribution in [3.63, 3.8) is 0 Å². The van der Waals surface area contributed by atoms with Crippen molar-refractivity contribution in [1.82, 2.24) is 14.8 Å². The minimum atomic E-state index is -0.290. The topological polar surface area (TPSA) is 69.0 Å². The Hall–Kier alpha value is -3.74. The third-order valence-corrected chi connectivity index (χ3v) is 4.63. The summed E-state index contributed by atoms with van der Waals surface area (Å²) in [5.41, 5.74) is 3.79. The quantitative estimate of drug-likeness (QED) is 0.555. The molecule has 0 aliphatic carbocycles. The molecule has 6 nitrogen and oxygen atoms in total. The normalized spacial score (nSPS) is 10.9. The molecule has 0 radical (unpaired) electrons. The molecule has 4 aromatic rings. The van der Waals surface area contributed by atoms with E-state index in [1.807, 2.05) is 13.0 Å². The van der Waals surface area contributed by atoms with Gasteiger partial charge in [-0.3, -0.25) is 4.79 Å². The molecule has 0 fully saturated rings. The van der Waals surface area contributed by atoms with Crippen molar-refractivity contribution in [2.24, 2.45) is 0 Å². The molecule has 0 unspecified atom stereocenters. The standard InChI is InChI=1S/C22H19FN4O2/c1-14-21-19(15-3-5-16(23)6-4-15)11-12-24-22(21)27(26-14)13-20(28)25-17-7-9-18(29-2)10-8-17/h3-12H,13H2,1-2H3,(H,25,28). The SMILES string of the molecule is COc1ccc(NC(=O)Cn2nc(C)c3c(-c4ccc(F)cc4)ccnc32)cc1. The van der Waals surface area contributed by atoms with Gasteiger partial charge in [-0.2, -0.15) is 5.10 Å². The number of carbonyl (C=O) groups is 1. The number of amides is 1. The lowest BCUT2D eigenvalue weighted by molar-refractivity contribution is -0.116. The van der Waals surface area contributed by atoms with Crippen LogP contribution in [0.2, 0.25) is 0 Å². The maximum absolute atomic E-state index is 13.3. The highest BCUT2D eigenvalue weighted by Gasteiger charge is 2.16. The van der Waals surface area contributed by atoms with E-state index in [-0.39, 0.29) is 18.3 Å². The van der Waals surface area contributed by atoms with Crippen LogP contribution in [0.15, 0.2) is 60.8 Å². The number of anilines is 1. The molecule has 2 aromatic carbocycles. The van der Waals surface area contributed by atoms with E-state index < -0.39 is 0 Å². The Morgan fingerprint density at radius 1 is 1.10 bits per heavy atom. The molecule has 29 heavy (non-hydrogen) atoms. The molecule has 7 heteroatoms. The molecule has 0 atom stereocenters. The van der Waals surface area contributed by atoms with Gasteiger partial charge in [-0.1, -0.05) is 12.1 Å². The van der Waals surface area contributed by atoms with E-state index in [0.29, 0.717) is 17.1 Å². The number of aryl methyl sites for hydroxylation is 1. The Morgan fingerprint density at radius 3 is 2.52 bits per heavy atom. The maximum Gasteiger partial charge on any atom is 0.246 e. The fourth-order valence-electron chi connectivity index (χ4n) is 3.27. The Bertz CT molecular complexity index is 1170. The van der Waals surface area contributed by atoms with Crippen LogP contribution in [0.1, 0.15) is 5.69 Å². The zero-order valence-electron chi connectivity index (χ0n) is 16.0. The summed E-state index contributed by atoms with van der Waals surface area (Å²) in [5, 5.41) is 8.19. The number of fused-ring (bicyclic) bond motifs is 1. The Balaban J connectivity index is 1.62. The molecular formula is C22H19FN4O2. The molecule has 146 valence electrons. The monoisotopic (exact) mass is 390 g/mol. The van der Waals surface area contributed by atoms with Crippen molar-refractivity contribution >= 4 is 22.6 Å². The minimum absolute atomic E-state index is 0.0240. The number of halogens is 1. The molecule has 1 N–H and O–H groups in total. The summed E-state index contributed by atoms with van der Waals surface area (Å²) < 4.78 is 20.0. The molecule has 4 rings (SSSR count). The first-order valence-corrected chi connectivity index (χ1v) is 9.07. The average molecular weight is 390 g/mol. The van der Waals surface area contributed by atoms with Crippen LogP contribution in [0, 0.1) is 12.7 Å². The van der Waals surface area contributed by atoms with E-state index in [0.717, 1.165) is 22.2 Å². The van der Waals surface area contributed by atoms with E-state index in [4.69, 9.17) is 4.74 Å². The van der Waals surface area contributed by atoms with Gasteiger partial charge in [0, 0.05) is 17.3 Å². The first-order valence-electron chi connectivity index (χ1n) is 9.07. The summed E-state index contributed by atoms with van der Waals surface area (Å²) in [6.07, 6.45) is 1.67. The highest BCUT2D eigenvalue weighted by Crippen LogP contribution is 2.30. The van der Waals surface area contributed by atoms with Gasteiger partial charge in [-0.15, -0.1) is 0 Å². The predicted molar refractivity (Wildman–Crippen MR) is 109 cm³/mol. The van der Waals surface area contributed by atoms with Crippen molar-refractivity contribution in [2.45, 2.75) is 13.5 Å². The molecule has 0 aliphatic heterocycles. The lowest BCUT2D eigenvalue weighted by atomic mass is 10.0. The van der Waals surface area contributed by atoms with Crippen LogP contribution in [0.3, 0.4) is 0 Å². The van der Waals surface area contributed by atoms with E-state index in [1.54, 1.807) is 54.4 Å². The van der Waals surface area contributed by atoms with E-state index in [2.05, 4.69) is 15.4 Å². The van der Waals surface area contributed by atoms with Crippen LogP contribution in [-0.2, 0) is 11.3 Å². The van der Waals surface area contributed by atoms with Crippen molar-refractivity contribution in [3.8, 4) is 16.9 Å². The zero-order chi connectivity index (χ0) is 20.4. The van der Waals surface area contributed by atoms with Crippen LogP contribution in [0.4, 0.5) is 10.1 Å². The van der Waals surface area contributed by atoms with Crippen LogP contribution in [0.5, 0.6) is 5.75 Å². The molecule has 1 amide bonds. The van der Waals surface area contributed by atoms with Gasteiger partial charge in [0.1, 0.15) is 18.1 Å². The van der Waals surface area contributed by atoms with Crippen LogP contribution in [0.25, 0.3) is 22.2 Å². The maximum atomic E-state index is 13.3. The molecule has 0 saturated carbocycles. The minimum Gasteiger partial charge on any atom is -0.497 e. The van der Waals surface area contributed by atoms with Crippen molar-refractivity contribution < 1.29 is 13.9 Å². The third kappa shape index (κ3) is 3.80. The summed E-state index contributed by atoms with van der Waals surface area (Å²) in [7, 11) is 1.59. The summed E-state index contributed by atoms with van der Waals surface area (Å²) in [6.45, 7) is 1.89. The first-order chi connectivity index (χ1) is 14.0. The Labute approximate surface area is 167 Å². The van der Waals surface area contributed by atoms with Crippen molar-refractivity contribution in [2.75, 3.05) is 12.4 Å². The van der Waals surface area contributed by atoms with Crippen LogP contribution < -0.4 is 10.1 Å². The van der Waals surface area contributed by atoms with Crippen molar-refractivity contribution in [1.29, 1.82) is 0 Å². The van der Waals surface area contributed by atoms with Gasteiger partial charge in [0.25, 0.3) is 0 Å². The van der Waals surface area contributed by atoms with Gasteiger partial charge in [-0.25, -0.2) is 14.1 Å². The molecule has 2 aromatic heterocycles. The Morgan fingerprint density at radius 2 is 1.83 bits per heavy atom. The summed E-state index contributed by atoms with van der Waals surface area (Å²) >= 11 is 0. The number of carbonyl (C=O) groups excluding carboxylic acids is 1. The molecule has 0 aliphatic rings. The Kier molecular flexibility index (Phi) is 4.95. The zero-order valence-corrected chi connectivity index (χ0v) is 16.0. The number of benzene rings is 2. The summed E-state index contributed by atoms with van der Waals surface area (Å²) in [6, 6.07) is 15.2. The number of rotatable bonds is 5. The molecule has 0 spiro atoms. The van der Waals surface area contributed by atoms with Gasteiger partial charge in [0.05, 0.1) is 12.8 Å². The number of hydrogen-bond acceptors (Lipinski definition) is 4. The van der Waals surface area contributed by atoms with E-state index in [1.165, 1.54) is 12.1 Å². The highest BCUT2D eigenvalue weighted by atomic mass is 19.1. The first kappa shape index (κ1) is 18.6. The van der Waals surface area contributed by atoms with Gasteiger partial charge >= 0.3 is 0 Å². The molecule has 2 heterocycles. The summed E-state index contributed by atoms with van der Waals surface area (Å²) in [5.74, 6) is 0.212. The third-order valence-electron chi connectivity index (χ3n) is 4.63. The van der Waals surface area contributed by atoms with Gasteiger partial charge < -0.3 is 10.1 Å². The number of nitrogens with zero attached hydrogens (tertiary/aromatic N) is 3. The lowest BCUT2D eigenvalue weighted by Crippen LogP contribution is -2.19. The summed E-state index contributed by atoms with van der Waals surface area (Å²) in [4.78, 5) is 16.9. The van der Waals surface area contributed by atoms with Crippen LogP contribution >= 0.6 is 0 Å². The molecule has 0 bridgehead atoms. The van der Waals surface area contributed by atoms with Crippen molar-refractivity contribution in [3.05, 3.63) is 72.3 Å². The van der Waals surface area contributed by atoms with Gasteiger partial charge in [0.2, 0.25) is 5.91 Å². The molecular weight excluding hydrogens is 371 g/mol. The number of ether oxygens (including phenoxy) is 1. The number of aromatic nitrogens is 3. The number of methoxy groups -OCH3 is 1.